The molecule has 0 saturated carbocycles. The fraction of sp³-hybridized carbons (Fsp3) is 0.421. The maximum absolute atomic E-state index is 14.4. The Hall–Kier alpha value is -4.55. The lowest BCUT2D eigenvalue weighted by atomic mass is 10.00. The number of benzene rings is 2. The zero-order chi connectivity index (χ0) is 35.6. The number of anilines is 2. The van der Waals surface area contributed by atoms with Gasteiger partial charge < -0.3 is 19.4 Å². The second-order valence-electron chi connectivity index (χ2n) is 14.0. The summed E-state index contributed by atoms with van der Waals surface area (Å²) in [5.41, 5.74) is 4.52. The number of rotatable bonds is 7. The van der Waals surface area contributed by atoms with Crippen LogP contribution in [0.2, 0.25) is 0 Å². The molecule has 0 radical (unpaired) electrons. The topological polar surface area (TPSA) is 121 Å². The summed E-state index contributed by atoms with van der Waals surface area (Å²) in [6.45, 7) is 10.5. The fourth-order valence-corrected chi connectivity index (χ4v) is 7.90. The number of carbonyl (C=O) groups is 1. The third-order valence-electron chi connectivity index (χ3n) is 9.61. The van der Waals surface area contributed by atoms with E-state index in [1.54, 1.807) is 23.1 Å². The maximum Gasteiger partial charge on any atom is 0.264 e. The van der Waals surface area contributed by atoms with Crippen molar-refractivity contribution in [1.82, 2.24) is 24.8 Å². The van der Waals surface area contributed by atoms with Gasteiger partial charge in [-0.3, -0.25) is 4.79 Å². The molecular formula is C38H47N7O4S. The number of aromatic nitrogens is 3. The highest BCUT2D eigenvalue weighted by atomic mass is 32.2. The highest BCUT2D eigenvalue weighted by Crippen LogP contribution is 2.31. The van der Waals surface area contributed by atoms with Crippen molar-refractivity contribution in [2.24, 2.45) is 5.92 Å². The molecule has 0 aliphatic carbocycles. The smallest absolute Gasteiger partial charge is 0.264 e. The lowest BCUT2D eigenvalue weighted by molar-refractivity contribution is 0.0553. The number of hydrogen-bond donors (Lipinski definition) is 1. The number of nitrogens with one attached hydrogen (secondary N) is 1. The van der Waals surface area contributed by atoms with E-state index in [0.29, 0.717) is 18.2 Å². The minimum atomic E-state index is -4.15. The zero-order valence-electron chi connectivity index (χ0n) is 29.8. The first-order valence-corrected chi connectivity index (χ1v) is 18.7. The van der Waals surface area contributed by atoms with Gasteiger partial charge in [-0.05, 0) is 94.1 Å². The third-order valence-corrected chi connectivity index (χ3v) is 10.9. The van der Waals surface area contributed by atoms with Crippen LogP contribution in [0.1, 0.15) is 60.2 Å². The summed E-state index contributed by atoms with van der Waals surface area (Å²) < 4.78 is 36.3. The molecule has 4 heterocycles. The lowest BCUT2D eigenvalue weighted by Crippen LogP contribution is -2.44. The molecule has 1 amide bonds. The first-order valence-electron chi connectivity index (χ1n) is 17.3. The number of ether oxygens (including phenoxy) is 1. The van der Waals surface area contributed by atoms with E-state index in [9.17, 15) is 13.2 Å². The molecule has 0 spiro atoms. The van der Waals surface area contributed by atoms with Gasteiger partial charge in [0, 0.05) is 49.1 Å². The summed E-state index contributed by atoms with van der Waals surface area (Å²) in [4.78, 5) is 34.7. The van der Waals surface area contributed by atoms with Crippen LogP contribution in [0.4, 0.5) is 11.8 Å². The van der Waals surface area contributed by atoms with Gasteiger partial charge in [-0.25, -0.2) is 23.1 Å². The Morgan fingerprint density at radius 1 is 0.980 bits per heavy atom. The molecule has 2 aliphatic heterocycles. The van der Waals surface area contributed by atoms with Crippen molar-refractivity contribution >= 4 is 27.7 Å². The van der Waals surface area contributed by atoms with Crippen molar-refractivity contribution in [3.05, 3.63) is 89.1 Å². The summed E-state index contributed by atoms with van der Waals surface area (Å²) in [7, 11) is 0.109. The molecule has 50 heavy (non-hydrogen) atoms. The van der Waals surface area contributed by atoms with Gasteiger partial charge in [0.25, 0.3) is 15.9 Å². The second kappa shape index (κ2) is 14.7. The van der Waals surface area contributed by atoms with Crippen molar-refractivity contribution in [1.29, 1.82) is 0 Å². The van der Waals surface area contributed by atoms with E-state index in [4.69, 9.17) is 9.72 Å². The predicted molar refractivity (Wildman–Crippen MR) is 196 cm³/mol. The van der Waals surface area contributed by atoms with Crippen LogP contribution in [0.3, 0.4) is 0 Å². The van der Waals surface area contributed by atoms with E-state index in [1.807, 2.05) is 50.4 Å². The number of sulfonamides is 1. The van der Waals surface area contributed by atoms with Gasteiger partial charge in [0.2, 0.25) is 11.8 Å². The SMILES string of the molecule is Cc1cccc(C)c1-c1cc2nc(n1)NS(=O)(=O)c1cccc(c1)C(=O)N(Cc1ccc(N3CCC(N(C)C)CC3)nc1)[C@H](CC(C)C)CO2. The molecule has 6 rings (SSSR count). The van der Waals surface area contributed by atoms with Crippen LogP contribution >= 0.6 is 0 Å². The Bertz CT molecular complexity index is 1920. The molecule has 2 aliphatic rings. The molecule has 0 unspecified atom stereocenters. The number of fused-ring (bicyclic) bond motifs is 4. The number of carbonyl (C=O) groups excluding carboxylic acids is 1. The van der Waals surface area contributed by atoms with Crippen LogP contribution in [0.15, 0.2) is 71.8 Å². The normalized spacial score (nSPS) is 18.2. The average molecular weight is 698 g/mol. The molecule has 4 aromatic rings. The zero-order valence-corrected chi connectivity index (χ0v) is 30.6. The fourth-order valence-electron chi connectivity index (χ4n) is 6.92. The molecule has 1 N–H and O–H groups in total. The van der Waals surface area contributed by atoms with Gasteiger partial charge >= 0.3 is 0 Å². The van der Waals surface area contributed by atoms with Gasteiger partial charge in [0.1, 0.15) is 12.4 Å². The average Bonchev–Trinajstić information content (AvgIpc) is 3.08. The third kappa shape index (κ3) is 7.92. The number of amides is 1. The van der Waals surface area contributed by atoms with Crippen molar-refractivity contribution in [3.8, 4) is 17.1 Å². The van der Waals surface area contributed by atoms with Gasteiger partial charge in [-0.2, -0.15) is 4.98 Å². The summed E-state index contributed by atoms with van der Waals surface area (Å²) in [6, 6.07) is 18.1. The standard InChI is InChI=1S/C38H47N7O4S/c1-25(2)19-31-24-49-35-21-33(36-26(3)9-7-10-27(36)4)40-38(41-35)42-50(47,48)32-12-8-11-29(20-32)37(46)45(31)23-28-13-14-34(39-22-28)44-17-15-30(16-18-44)43(5)6/h7-14,20-22,25,30-31H,15-19,23-24H2,1-6H3,(H,40,41,42)/t31-/m1/s1. The van der Waals surface area contributed by atoms with Crippen LogP contribution in [-0.2, 0) is 16.6 Å². The van der Waals surface area contributed by atoms with E-state index in [-0.39, 0.29) is 53.3 Å². The van der Waals surface area contributed by atoms with E-state index in [2.05, 4.69) is 52.4 Å². The summed E-state index contributed by atoms with van der Waals surface area (Å²) >= 11 is 0. The van der Waals surface area contributed by atoms with Crippen molar-refractivity contribution in [3.63, 3.8) is 0 Å². The lowest BCUT2D eigenvalue weighted by Gasteiger charge is -2.36. The van der Waals surface area contributed by atoms with Crippen LogP contribution in [-0.4, -0.2) is 85.0 Å². The molecule has 11 nitrogen and oxygen atoms in total. The predicted octanol–water partition coefficient (Wildman–Crippen LogP) is 5.94. The molecule has 4 bridgehead atoms. The first-order chi connectivity index (χ1) is 23.9. The number of pyridine rings is 1. The van der Waals surface area contributed by atoms with Crippen molar-refractivity contribution in [2.45, 2.75) is 70.5 Å². The molecule has 12 heteroatoms. The second-order valence-corrected chi connectivity index (χ2v) is 15.7. The molecule has 2 aromatic heterocycles. The van der Waals surface area contributed by atoms with Crippen molar-refractivity contribution < 1.29 is 17.9 Å². The Morgan fingerprint density at radius 3 is 2.36 bits per heavy atom. The maximum atomic E-state index is 14.4. The number of nitrogens with zero attached hydrogens (tertiary/aromatic N) is 6. The molecule has 1 atom stereocenters. The number of aryl methyl sites for hydroxylation is 2. The van der Waals surface area contributed by atoms with Gasteiger partial charge in [-0.15, -0.1) is 0 Å². The summed E-state index contributed by atoms with van der Waals surface area (Å²) in [5.74, 6) is 0.977. The minimum Gasteiger partial charge on any atom is -0.475 e. The van der Waals surface area contributed by atoms with Gasteiger partial charge in [-0.1, -0.05) is 44.2 Å². The highest BCUT2D eigenvalue weighted by Gasteiger charge is 2.30. The van der Waals surface area contributed by atoms with E-state index >= 15 is 0 Å². The Balaban J connectivity index is 1.37. The molecule has 1 saturated heterocycles. The Morgan fingerprint density at radius 2 is 1.70 bits per heavy atom. The van der Waals surface area contributed by atoms with Crippen LogP contribution in [0.25, 0.3) is 11.3 Å². The van der Waals surface area contributed by atoms with Crippen LogP contribution < -0.4 is 14.4 Å². The minimum absolute atomic E-state index is 0.0597. The summed E-state index contributed by atoms with van der Waals surface area (Å²) in [6.07, 6.45) is 4.66. The monoisotopic (exact) mass is 697 g/mol. The van der Waals surface area contributed by atoms with Gasteiger partial charge in [0.05, 0.1) is 16.6 Å². The van der Waals surface area contributed by atoms with E-state index in [1.165, 1.54) is 12.1 Å². The largest absolute Gasteiger partial charge is 0.475 e. The van der Waals surface area contributed by atoms with E-state index < -0.39 is 10.0 Å². The number of piperidine rings is 1. The van der Waals surface area contributed by atoms with Crippen LogP contribution in [0, 0.1) is 19.8 Å². The van der Waals surface area contributed by atoms with Crippen LogP contribution in [0.5, 0.6) is 5.88 Å². The highest BCUT2D eigenvalue weighted by molar-refractivity contribution is 7.92. The summed E-state index contributed by atoms with van der Waals surface area (Å²) in [5, 5.41) is 0. The molecular weight excluding hydrogens is 651 g/mol. The number of hydrogen-bond acceptors (Lipinski definition) is 9. The van der Waals surface area contributed by atoms with E-state index in [0.717, 1.165) is 54.0 Å². The Labute approximate surface area is 295 Å². The first kappa shape index (κ1) is 35.3. The van der Waals surface area contributed by atoms with Gasteiger partial charge in [0.15, 0.2) is 0 Å². The molecule has 264 valence electrons. The van der Waals surface area contributed by atoms with Crippen molar-refractivity contribution in [2.75, 3.05) is 43.4 Å². The quantitative estimate of drug-likeness (QED) is 0.250. The molecule has 1 fully saturated rings. The molecule has 2 aromatic carbocycles. The Kier molecular flexibility index (Phi) is 10.4.